The van der Waals surface area contributed by atoms with E-state index in [-0.39, 0.29) is 11.8 Å². The first-order valence-corrected chi connectivity index (χ1v) is 5.91. The molecule has 0 bridgehead atoms. The van der Waals surface area contributed by atoms with Crippen molar-refractivity contribution in [2.24, 2.45) is 0 Å². The standard InChI is InChI=1S/C11H22N4O3/c1-5-13-11(18)14-10(17)8(2)15(4)7-6-9(16)12-3/h8H,5-7H2,1-4H3,(H,12,16)(H2,13,14,17,18)/t8-/m1/s1. The molecule has 0 rings (SSSR count). The molecule has 0 saturated carbocycles. The zero-order valence-electron chi connectivity index (χ0n) is 11.4. The number of rotatable bonds is 6. The van der Waals surface area contributed by atoms with Gasteiger partial charge < -0.3 is 10.6 Å². The van der Waals surface area contributed by atoms with Crippen LogP contribution in [0.2, 0.25) is 0 Å². The third-order valence-corrected chi connectivity index (χ3v) is 2.59. The third kappa shape index (κ3) is 6.19. The molecule has 18 heavy (non-hydrogen) atoms. The van der Waals surface area contributed by atoms with Gasteiger partial charge in [0.25, 0.3) is 0 Å². The number of imide groups is 1. The Morgan fingerprint density at radius 2 is 1.89 bits per heavy atom. The zero-order valence-corrected chi connectivity index (χ0v) is 11.4. The van der Waals surface area contributed by atoms with Crippen LogP contribution in [0.25, 0.3) is 0 Å². The van der Waals surface area contributed by atoms with Crippen molar-refractivity contribution in [3.8, 4) is 0 Å². The topological polar surface area (TPSA) is 90.5 Å². The fourth-order valence-electron chi connectivity index (χ4n) is 1.22. The molecule has 0 aromatic carbocycles. The number of amides is 4. The monoisotopic (exact) mass is 258 g/mol. The highest BCUT2D eigenvalue weighted by Gasteiger charge is 2.19. The van der Waals surface area contributed by atoms with E-state index >= 15 is 0 Å². The highest BCUT2D eigenvalue weighted by molar-refractivity contribution is 5.96. The average Bonchev–Trinajstić information content (AvgIpc) is 2.34. The minimum absolute atomic E-state index is 0.0850. The lowest BCUT2D eigenvalue weighted by Gasteiger charge is -2.23. The molecule has 0 unspecified atom stereocenters. The van der Waals surface area contributed by atoms with Crippen molar-refractivity contribution in [3.63, 3.8) is 0 Å². The van der Waals surface area contributed by atoms with E-state index in [0.29, 0.717) is 19.5 Å². The summed E-state index contributed by atoms with van der Waals surface area (Å²) in [6, 6.07) is -0.980. The van der Waals surface area contributed by atoms with Crippen molar-refractivity contribution in [1.29, 1.82) is 0 Å². The van der Waals surface area contributed by atoms with Gasteiger partial charge >= 0.3 is 6.03 Å². The maximum absolute atomic E-state index is 11.7. The van der Waals surface area contributed by atoms with E-state index in [4.69, 9.17) is 0 Å². The molecule has 0 radical (unpaired) electrons. The smallest absolute Gasteiger partial charge is 0.321 e. The van der Waals surface area contributed by atoms with Crippen molar-refractivity contribution in [3.05, 3.63) is 0 Å². The molecule has 0 saturated heterocycles. The highest BCUT2D eigenvalue weighted by Crippen LogP contribution is 1.97. The van der Waals surface area contributed by atoms with Crippen molar-refractivity contribution in [1.82, 2.24) is 20.9 Å². The van der Waals surface area contributed by atoms with Gasteiger partial charge in [-0.15, -0.1) is 0 Å². The van der Waals surface area contributed by atoms with E-state index in [1.54, 1.807) is 32.8 Å². The van der Waals surface area contributed by atoms with E-state index < -0.39 is 12.1 Å². The van der Waals surface area contributed by atoms with Gasteiger partial charge in [-0.2, -0.15) is 0 Å². The molecule has 1 atom stereocenters. The number of hydrogen-bond donors (Lipinski definition) is 3. The predicted molar refractivity (Wildman–Crippen MR) is 68.0 cm³/mol. The van der Waals surface area contributed by atoms with Gasteiger partial charge in [0.2, 0.25) is 11.8 Å². The Hall–Kier alpha value is -1.63. The Bertz CT molecular complexity index is 307. The van der Waals surface area contributed by atoms with Crippen LogP contribution in [0.1, 0.15) is 20.3 Å². The second kappa shape index (κ2) is 8.46. The first-order chi connectivity index (χ1) is 8.42. The molecule has 7 heteroatoms. The van der Waals surface area contributed by atoms with Crippen LogP contribution in [0, 0.1) is 0 Å². The SMILES string of the molecule is CCNC(=O)NC(=O)[C@@H](C)N(C)CCC(=O)NC. The molecule has 0 fully saturated rings. The second-order valence-electron chi connectivity index (χ2n) is 3.93. The number of carbonyl (C=O) groups excluding carboxylic acids is 3. The third-order valence-electron chi connectivity index (χ3n) is 2.59. The summed E-state index contributed by atoms with van der Waals surface area (Å²) in [6.45, 7) is 4.35. The Labute approximate surface area is 107 Å². The summed E-state index contributed by atoms with van der Waals surface area (Å²) >= 11 is 0. The van der Waals surface area contributed by atoms with Gasteiger partial charge in [0.1, 0.15) is 0 Å². The van der Waals surface area contributed by atoms with Crippen molar-refractivity contribution >= 4 is 17.8 Å². The van der Waals surface area contributed by atoms with Crippen LogP contribution in [-0.2, 0) is 9.59 Å². The van der Waals surface area contributed by atoms with Gasteiger partial charge in [-0.1, -0.05) is 0 Å². The zero-order chi connectivity index (χ0) is 14.1. The maximum atomic E-state index is 11.7. The summed E-state index contributed by atoms with van der Waals surface area (Å²) in [7, 11) is 3.29. The molecular formula is C11H22N4O3. The molecule has 0 aliphatic carbocycles. The summed E-state index contributed by atoms with van der Waals surface area (Å²) in [5, 5.41) is 7.22. The van der Waals surface area contributed by atoms with E-state index in [1.165, 1.54) is 0 Å². The number of hydrogen-bond acceptors (Lipinski definition) is 4. The van der Waals surface area contributed by atoms with Gasteiger partial charge in [-0.05, 0) is 20.9 Å². The first-order valence-electron chi connectivity index (χ1n) is 5.91. The van der Waals surface area contributed by atoms with Crippen LogP contribution < -0.4 is 16.0 Å². The van der Waals surface area contributed by atoms with Gasteiger partial charge in [-0.25, -0.2) is 4.79 Å². The van der Waals surface area contributed by atoms with Crippen LogP contribution in [-0.4, -0.2) is 56.0 Å². The summed E-state index contributed by atoms with van der Waals surface area (Å²) in [4.78, 5) is 35.6. The minimum atomic E-state index is -0.506. The molecule has 0 aliphatic heterocycles. The average molecular weight is 258 g/mol. The highest BCUT2D eigenvalue weighted by atomic mass is 16.2. The second-order valence-corrected chi connectivity index (χ2v) is 3.93. The first kappa shape index (κ1) is 16.4. The van der Waals surface area contributed by atoms with Crippen LogP contribution in [0.4, 0.5) is 4.79 Å². The quantitative estimate of drug-likeness (QED) is 0.587. The predicted octanol–water partition coefficient (Wildman–Crippen LogP) is -0.711. The molecule has 0 heterocycles. The van der Waals surface area contributed by atoms with Crippen LogP contribution >= 0.6 is 0 Å². The normalized spacial score (nSPS) is 11.8. The van der Waals surface area contributed by atoms with Crippen molar-refractivity contribution < 1.29 is 14.4 Å². The van der Waals surface area contributed by atoms with Gasteiger partial charge in [-0.3, -0.25) is 19.8 Å². The Morgan fingerprint density at radius 1 is 1.28 bits per heavy atom. The van der Waals surface area contributed by atoms with E-state index in [2.05, 4.69) is 16.0 Å². The van der Waals surface area contributed by atoms with Gasteiger partial charge in [0.15, 0.2) is 0 Å². The number of likely N-dealkylation sites (N-methyl/N-ethyl adjacent to an activating group) is 1. The summed E-state index contributed by atoms with van der Waals surface area (Å²) in [6.07, 6.45) is 0.311. The van der Waals surface area contributed by atoms with Crippen molar-refractivity contribution in [2.45, 2.75) is 26.3 Å². The van der Waals surface area contributed by atoms with Crippen LogP contribution in [0.3, 0.4) is 0 Å². The fourth-order valence-corrected chi connectivity index (χ4v) is 1.22. The van der Waals surface area contributed by atoms with E-state index in [9.17, 15) is 14.4 Å². The molecular weight excluding hydrogens is 236 g/mol. The largest absolute Gasteiger partial charge is 0.359 e. The Balaban J connectivity index is 4.11. The van der Waals surface area contributed by atoms with Crippen LogP contribution in [0.5, 0.6) is 0 Å². The molecule has 4 amide bonds. The van der Waals surface area contributed by atoms with Crippen molar-refractivity contribution in [2.75, 3.05) is 27.2 Å². The lowest BCUT2D eigenvalue weighted by Crippen LogP contribution is -2.49. The summed E-state index contributed by atoms with van der Waals surface area (Å²) < 4.78 is 0. The number of nitrogens with zero attached hydrogens (tertiary/aromatic N) is 1. The Morgan fingerprint density at radius 3 is 2.39 bits per heavy atom. The molecule has 0 aromatic rings. The molecule has 0 aliphatic rings. The van der Waals surface area contributed by atoms with Gasteiger partial charge in [0, 0.05) is 26.6 Å². The molecule has 0 spiro atoms. The van der Waals surface area contributed by atoms with E-state index in [1.807, 2.05) is 0 Å². The number of nitrogens with one attached hydrogen (secondary N) is 3. The molecule has 0 aromatic heterocycles. The molecule has 104 valence electrons. The summed E-state index contributed by atoms with van der Waals surface area (Å²) in [5.74, 6) is -0.474. The van der Waals surface area contributed by atoms with Gasteiger partial charge in [0.05, 0.1) is 6.04 Å². The number of urea groups is 1. The lowest BCUT2D eigenvalue weighted by atomic mass is 10.2. The minimum Gasteiger partial charge on any atom is -0.359 e. The summed E-state index contributed by atoms with van der Waals surface area (Å²) in [5.41, 5.74) is 0. The fraction of sp³-hybridized carbons (Fsp3) is 0.727. The molecule has 3 N–H and O–H groups in total. The van der Waals surface area contributed by atoms with E-state index in [0.717, 1.165) is 0 Å². The van der Waals surface area contributed by atoms with Crippen LogP contribution in [0.15, 0.2) is 0 Å². The lowest BCUT2D eigenvalue weighted by molar-refractivity contribution is -0.126. The number of carbonyl (C=O) groups is 3. The molecule has 7 nitrogen and oxygen atoms in total. The maximum Gasteiger partial charge on any atom is 0.321 e. The Kier molecular flexibility index (Phi) is 7.69.